The molecule has 0 aliphatic carbocycles. The summed E-state index contributed by atoms with van der Waals surface area (Å²) in [7, 11) is 3.85. The van der Waals surface area contributed by atoms with Gasteiger partial charge in [0.05, 0.1) is 49.1 Å². The van der Waals surface area contributed by atoms with Gasteiger partial charge in [-0.25, -0.2) is 0 Å². The first-order valence-electron chi connectivity index (χ1n) is 14.9. The maximum Gasteiger partial charge on any atom is 0.250 e. The molecule has 0 saturated carbocycles. The molecule has 0 radical (unpaired) electrons. The molecule has 1 fully saturated rings. The summed E-state index contributed by atoms with van der Waals surface area (Å²) < 4.78 is 10.8. The number of ether oxygens (including phenoxy) is 2. The summed E-state index contributed by atoms with van der Waals surface area (Å²) in [5, 5.41) is 3.74. The van der Waals surface area contributed by atoms with Crippen LogP contribution in [0.1, 0.15) is 23.9 Å². The van der Waals surface area contributed by atoms with Crippen molar-refractivity contribution in [3.8, 4) is 11.3 Å². The second-order valence-corrected chi connectivity index (χ2v) is 13.2. The van der Waals surface area contributed by atoms with E-state index in [1.807, 2.05) is 19.3 Å². The Kier molecular flexibility index (Phi) is 9.88. The van der Waals surface area contributed by atoms with Gasteiger partial charge in [-0.05, 0) is 50.7 Å². The van der Waals surface area contributed by atoms with Gasteiger partial charge in [-0.1, -0.05) is 35.7 Å². The third kappa shape index (κ3) is 7.30. The number of nitrogens with zero attached hydrogens (tertiary/aromatic N) is 4. The van der Waals surface area contributed by atoms with Crippen LogP contribution in [0.5, 0.6) is 0 Å². The SMILES string of the molecule is COCCN(C)CCC(Nc1ccc2c(c1)Sc1cccc(-c3cc(N4CCOCC4)cc(=O)[nH]3)c1S2)c1cnc(C)cn1. The molecule has 0 bridgehead atoms. The first-order valence-corrected chi connectivity index (χ1v) is 16.5. The fourth-order valence-corrected chi connectivity index (χ4v) is 7.78. The highest BCUT2D eigenvalue weighted by molar-refractivity contribution is 8.05. The zero-order chi connectivity index (χ0) is 30.5. The van der Waals surface area contributed by atoms with Crippen LogP contribution in [0.3, 0.4) is 0 Å². The molecule has 4 heterocycles. The molecule has 2 aromatic heterocycles. The number of aryl methyl sites for hydroxylation is 1. The number of benzene rings is 2. The van der Waals surface area contributed by atoms with Gasteiger partial charge in [0.1, 0.15) is 0 Å². The van der Waals surface area contributed by atoms with Gasteiger partial charge in [0, 0.05) is 82.1 Å². The monoisotopic (exact) mass is 630 g/mol. The Morgan fingerprint density at radius 1 is 1.05 bits per heavy atom. The van der Waals surface area contributed by atoms with Crippen molar-refractivity contribution in [3.05, 3.63) is 82.7 Å². The summed E-state index contributed by atoms with van der Waals surface area (Å²) in [6, 6.07) is 16.7. The molecule has 1 saturated heterocycles. The summed E-state index contributed by atoms with van der Waals surface area (Å²) in [4.78, 5) is 34.2. The predicted molar refractivity (Wildman–Crippen MR) is 177 cm³/mol. The van der Waals surface area contributed by atoms with Crippen LogP contribution in [0.2, 0.25) is 0 Å². The number of nitrogens with one attached hydrogen (secondary N) is 2. The molecule has 11 heteroatoms. The lowest BCUT2D eigenvalue weighted by molar-refractivity contribution is 0.122. The predicted octanol–water partition coefficient (Wildman–Crippen LogP) is 5.71. The van der Waals surface area contributed by atoms with Gasteiger partial charge in [-0.15, -0.1) is 0 Å². The molecule has 9 nitrogen and oxygen atoms in total. The van der Waals surface area contributed by atoms with Crippen molar-refractivity contribution in [2.75, 3.05) is 70.4 Å². The van der Waals surface area contributed by atoms with E-state index in [9.17, 15) is 4.79 Å². The van der Waals surface area contributed by atoms with E-state index < -0.39 is 0 Å². The van der Waals surface area contributed by atoms with Crippen LogP contribution < -0.4 is 15.8 Å². The Bertz CT molecular complexity index is 1640. The Morgan fingerprint density at radius 3 is 2.70 bits per heavy atom. The molecule has 1 atom stereocenters. The van der Waals surface area contributed by atoms with Crippen LogP contribution in [-0.2, 0) is 9.47 Å². The van der Waals surface area contributed by atoms with E-state index >= 15 is 0 Å². The minimum Gasteiger partial charge on any atom is -0.383 e. The highest BCUT2D eigenvalue weighted by atomic mass is 32.2. The summed E-state index contributed by atoms with van der Waals surface area (Å²) in [5.41, 5.74) is 5.60. The zero-order valence-corrected chi connectivity index (χ0v) is 27.0. The fourth-order valence-electron chi connectivity index (χ4n) is 5.37. The number of hydrogen-bond donors (Lipinski definition) is 2. The number of aromatic amines is 1. The van der Waals surface area contributed by atoms with Crippen LogP contribution in [0.4, 0.5) is 11.4 Å². The molecule has 230 valence electrons. The summed E-state index contributed by atoms with van der Waals surface area (Å²) in [6.07, 6.45) is 4.59. The number of hydrogen-bond acceptors (Lipinski definition) is 10. The summed E-state index contributed by atoms with van der Waals surface area (Å²) in [6.45, 7) is 7.35. The maximum atomic E-state index is 12.7. The van der Waals surface area contributed by atoms with Crippen LogP contribution in [0.15, 0.2) is 85.3 Å². The van der Waals surface area contributed by atoms with Crippen LogP contribution >= 0.6 is 23.5 Å². The maximum absolute atomic E-state index is 12.7. The fraction of sp³-hybridized carbons (Fsp3) is 0.364. The lowest BCUT2D eigenvalue weighted by atomic mass is 10.1. The number of aromatic nitrogens is 3. The molecule has 44 heavy (non-hydrogen) atoms. The average Bonchev–Trinajstić information content (AvgIpc) is 3.05. The van der Waals surface area contributed by atoms with Crippen LogP contribution in [0.25, 0.3) is 11.3 Å². The van der Waals surface area contributed by atoms with E-state index in [1.165, 1.54) is 14.7 Å². The van der Waals surface area contributed by atoms with Crippen molar-refractivity contribution in [3.63, 3.8) is 0 Å². The van der Waals surface area contributed by atoms with Gasteiger partial charge < -0.3 is 29.6 Å². The number of rotatable bonds is 11. The van der Waals surface area contributed by atoms with Gasteiger partial charge in [-0.2, -0.15) is 0 Å². The van der Waals surface area contributed by atoms with Crippen LogP contribution in [0, 0.1) is 6.92 Å². The Balaban J connectivity index is 1.23. The van der Waals surface area contributed by atoms with E-state index in [0.717, 1.165) is 71.5 Å². The van der Waals surface area contributed by atoms with E-state index in [-0.39, 0.29) is 11.6 Å². The van der Waals surface area contributed by atoms with Gasteiger partial charge in [0.25, 0.3) is 0 Å². The standard InChI is InChI=1S/C33H38N6O3S2/c1-22-20-35-28(21-34-22)26(9-10-38(2)11-14-41-3)36-23-7-8-29-31(17-23)43-30-6-4-5-25(33(30)44-29)27-18-24(19-32(40)37-27)39-12-15-42-16-13-39/h4-8,17-21,26,36H,9-16H2,1-3H3,(H,37,40). The lowest BCUT2D eigenvalue weighted by Gasteiger charge is -2.29. The summed E-state index contributed by atoms with van der Waals surface area (Å²) in [5.74, 6) is 0. The van der Waals surface area contributed by atoms with Crippen molar-refractivity contribution >= 4 is 34.9 Å². The van der Waals surface area contributed by atoms with E-state index in [4.69, 9.17) is 14.5 Å². The molecule has 4 aromatic rings. The second kappa shape index (κ2) is 14.2. The molecule has 0 amide bonds. The van der Waals surface area contributed by atoms with Gasteiger partial charge >= 0.3 is 0 Å². The van der Waals surface area contributed by atoms with Gasteiger partial charge in [-0.3, -0.25) is 14.8 Å². The highest BCUT2D eigenvalue weighted by Crippen LogP contribution is 2.52. The van der Waals surface area contributed by atoms with Crippen molar-refractivity contribution in [1.82, 2.24) is 19.9 Å². The molecular weight excluding hydrogens is 593 g/mol. The number of methoxy groups -OCH3 is 1. The first kappa shape index (κ1) is 30.7. The van der Waals surface area contributed by atoms with Crippen molar-refractivity contribution in [2.45, 2.75) is 39.0 Å². The molecule has 6 rings (SSSR count). The Morgan fingerprint density at radius 2 is 1.91 bits per heavy atom. The number of likely N-dealkylation sites (N-methyl/N-ethyl adjacent to an activating group) is 1. The minimum atomic E-state index is -0.0936. The van der Waals surface area contributed by atoms with Crippen LogP contribution in [-0.4, -0.2) is 80.0 Å². The molecule has 2 aromatic carbocycles. The quantitative estimate of drug-likeness (QED) is 0.189. The Hall–Kier alpha value is -3.35. The molecule has 2 aliphatic heterocycles. The van der Waals surface area contributed by atoms with E-state index in [1.54, 1.807) is 36.7 Å². The third-order valence-corrected chi connectivity index (χ3v) is 10.4. The summed E-state index contributed by atoms with van der Waals surface area (Å²) >= 11 is 3.52. The lowest BCUT2D eigenvalue weighted by Crippen LogP contribution is -2.36. The molecule has 1 unspecified atom stereocenters. The number of fused-ring (bicyclic) bond motifs is 2. The molecule has 2 aliphatic rings. The third-order valence-electron chi connectivity index (χ3n) is 7.83. The second-order valence-electron chi connectivity index (χ2n) is 11.1. The molecular formula is C33H38N6O3S2. The van der Waals surface area contributed by atoms with Crippen molar-refractivity contribution < 1.29 is 9.47 Å². The van der Waals surface area contributed by atoms with Gasteiger partial charge in [0.2, 0.25) is 5.56 Å². The normalized spacial score (nSPS) is 15.1. The zero-order valence-electron chi connectivity index (χ0n) is 25.3. The van der Waals surface area contributed by atoms with E-state index in [2.05, 4.69) is 74.6 Å². The minimum absolute atomic E-state index is 0.0156. The first-order chi connectivity index (χ1) is 21.5. The van der Waals surface area contributed by atoms with Crippen molar-refractivity contribution in [1.29, 1.82) is 0 Å². The largest absolute Gasteiger partial charge is 0.383 e. The molecule has 0 spiro atoms. The smallest absolute Gasteiger partial charge is 0.250 e. The van der Waals surface area contributed by atoms with Crippen molar-refractivity contribution in [2.24, 2.45) is 0 Å². The topological polar surface area (TPSA) is 95.6 Å². The number of pyridine rings is 1. The Labute approximate surface area is 266 Å². The number of H-pyrrole nitrogens is 1. The van der Waals surface area contributed by atoms with E-state index in [0.29, 0.717) is 19.8 Å². The number of anilines is 2. The van der Waals surface area contributed by atoms with Gasteiger partial charge in [0.15, 0.2) is 0 Å². The molecule has 2 N–H and O–H groups in total. The highest BCUT2D eigenvalue weighted by Gasteiger charge is 2.23. The average molecular weight is 631 g/mol. The number of morpholine rings is 1.